The molecule has 0 saturated heterocycles. The molecule has 0 amide bonds. The molecule has 0 aliphatic heterocycles. The molecular formula is C9H18N2O4S. The molecule has 0 radical (unpaired) electrons. The summed E-state index contributed by atoms with van der Waals surface area (Å²) in [6, 6.07) is -0.180. The standard InChI is InChI=1S/C9H18N2O4S/c1-4-10(2)16(14,15)11(3)8-5-7(6-8)9(12)13/h7-8H,4-6H2,1-3H3,(H,12,13). The van der Waals surface area contributed by atoms with Crippen molar-refractivity contribution < 1.29 is 18.3 Å². The van der Waals surface area contributed by atoms with E-state index in [9.17, 15) is 13.2 Å². The van der Waals surface area contributed by atoms with Crippen molar-refractivity contribution in [1.29, 1.82) is 0 Å². The highest BCUT2D eigenvalue weighted by atomic mass is 32.2. The van der Waals surface area contributed by atoms with Gasteiger partial charge < -0.3 is 5.11 Å². The zero-order valence-electron chi connectivity index (χ0n) is 9.75. The highest BCUT2D eigenvalue weighted by molar-refractivity contribution is 7.86. The summed E-state index contributed by atoms with van der Waals surface area (Å²) < 4.78 is 26.3. The van der Waals surface area contributed by atoms with E-state index in [0.29, 0.717) is 19.4 Å². The first-order valence-electron chi connectivity index (χ1n) is 5.22. The zero-order chi connectivity index (χ0) is 12.5. The highest BCUT2D eigenvalue weighted by Crippen LogP contribution is 2.32. The molecule has 1 fully saturated rings. The first kappa shape index (κ1) is 13.4. The Balaban J connectivity index is 2.61. The third-order valence-corrected chi connectivity index (χ3v) is 5.25. The van der Waals surface area contributed by atoms with Gasteiger partial charge in [0, 0.05) is 26.7 Å². The van der Waals surface area contributed by atoms with E-state index >= 15 is 0 Å². The molecule has 1 aliphatic rings. The van der Waals surface area contributed by atoms with Crippen LogP contribution in [0.4, 0.5) is 0 Å². The number of aliphatic carboxylic acids is 1. The van der Waals surface area contributed by atoms with Gasteiger partial charge in [0.2, 0.25) is 0 Å². The molecule has 0 heterocycles. The zero-order valence-corrected chi connectivity index (χ0v) is 10.6. The minimum atomic E-state index is -3.42. The summed E-state index contributed by atoms with van der Waals surface area (Å²) in [5.74, 6) is -1.24. The van der Waals surface area contributed by atoms with Crippen molar-refractivity contribution >= 4 is 16.2 Å². The number of carboxylic acid groups (broad SMARTS) is 1. The van der Waals surface area contributed by atoms with Crippen LogP contribution in [0.25, 0.3) is 0 Å². The lowest BCUT2D eigenvalue weighted by molar-refractivity contribution is -0.146. The monoisotopic (exact) mass is 250 g/mol. The molecule has 1 aliphatic carbocycles. The predicted octanol–water partition coefficient (Wildman–Crippen LogP) is -0.0221. The number of carbonyl (C=O) groups is 1. The van der Waals surface area contributed by atoms with Crippen molar-refractivity contribution in [3.05, 3.63) is 0 Å². The van der Waals surface area contributed by atoms with Gasteiger partial charge in [0.05, 0.1) is 5.92 Å². The summed E-state index contributed by atoms with van der Waals surface area (Å²) in [4.78, 5) is 10.6. The first-order valence-corrected chi connectivity index (χ1v) is 6.62. The molecular weight excluding hydrogens is 232 g/mol. The minimum Gasteiger partial charge on any atom is -0.481 e. The third-order valence-electron chi connectivity index (χ3n) is 3.18. The van der Waals surface area contributed by atoms with E-state index in [2.05, 4.69) is 0 Å². The van der Waals surface area contributed by atoms with Gasteiger partial charge in [0.25, 0.3) is 10.2 Å². The molecule has 0 bridgehead atoms. The lowest BCUT2D eigenvalue weighted by atomic mass is 9.80. The average molecular weight is 250 g/mol. The van der Waals surface area contributed by atoms with Gasteiger partial charge in [-0.3, -0.25) is 4.79 Å². The molecule has 0 unspecified atom stereocenters. The number of hydrogen-bond acceptors (Lipinski definition) is 3. The van der Waals surface area contributed by atoms with Gasteiger partial charge in [-0.15, -0.1) is 0 Å². The molecule has 0 atom stereocenters. The van der Waals surface area contributed by atoms with E-state index in [4.69, 9.17) is 5.11 Å². The third kappa shape index (κ3) is 2.36. The summed E-state index contributed by atoms with van der Waals surface area (Å²) in [5, 5.41) is 8.71. The van der Waals surface area contributed by atoms with Crippen molar-refractivity contribution in [2.45, 2.75) is 25.8 Å². The van der Waals surface area contributed by atoms with Crippen LogP contribution in [0.2, 0.25) is 0 Å². The van der Waals surface area contributed by atoms with Crippen LogP contribution in [0.15, 0.2) is 0 Å². The fourth-order valence-electron chi connectivity index (χ4n) is 1.66. The summed E-state index contributed by atoms with van der Waals surface area (Å²) in [7, 11) is -0.407. The van der Waals surface area contributed by atoms with Crippen LogP contribution >= 0.6 is 0 Å². The van der Waals surface area contributed by atoms with E-state index in [1.165, 1.54) is 22.7 Å². The van der Waals surface area contributed by atoms with Crippen molar-refractivity contribution in [1.82, 2.24) is 8.61 Å². The normalized spacial score (nSPS) is 25.8. The van der Waals surface area contributed by atoms with Gasteiger partial charge in [-0.25, -0.2) is 0 Å². The van der Waals surface area contributed by atoms with Crippen molar-refractivity contribution in [2.75, 3.05) is 20.6 Å². The molecule has 1 N–H and O–H groups in total. The first-order chi connectivity index (χ1) is 7.30. The molecule has 0 aromatic rings. The molecule has 6 nitrogen and oxygen atoms in total. The van der Waals surface area contributed by atoms with E-state index in [1.807, 2.05) is 0 Å². The number of nitrogens with zero attached hydrogens (tertiary/aromatic N) is 2. The molecule has 7 heteroatoms. The molecule has 0 spiro atoms. The lowest BCUT2D eigenvalue weighted by Crippen LogP contribution is -2.51. The molecule has 0 aromatic carbocycles. The molecule has 1 rings (SSSR count). The van der Waals surface area contributed by atoms with Crippen LogP contribution in [-0.4, -0.2) is 54.8 Å². The average Bonchev–Trinajstić information content (AvgIpc) is 2.13. The van der Waals surface area contributed by atoms with Crippen LogP contribution in [0.3, 0.4) is 0 Å². The second kappa shape index (κ2) is 4.68. The second-order valence-electron chi connectivity index (χ2n) is 4.10. The predicted molar refractivity (Wildman–Crippen MR) is 59.1 cm³/mol. The number of hydrogen-bond donors (Lipinski definition) is 1. The molecule has 1 saturated carbocycles. The quantitative estimate of drug-likeness (QED) is 0.743. The fraction of sp³-hybridized carbons (Fsp3) is 0.889. The van der Waals surface area contributed by atoms with Crippen LogP contribution in [0.5, 0.6) is 0 Å². The summed E-state index contributed by atoms with van der Waals surface area (Å²) >= 11 is 0. The second-order valence-corrected chi connectivity index (χ2v) is 6.19. The Morgan fingerprint density at radius 3 is 2.25 bits per heavy atom. The van der Waals surface area contributed by atoms with Crippen LogP contribution < -0.4 is 0 Å². The van der Waals surface area contributed by atoms with Crippen molar-refractivity contribution in [3.8, 4) is 0 Å². The van der Waals surface area contributed by atoms with Crippen LogP contribution in [0.1, 0.15) is 19.8 Å². The maximum atomic E-state index is 11.9. The number of carboxylic acids is 1. The van der Waals surface area contributed by atoms with E-state index in [-0.39, 0.29) is 6.04 Å². The van der Waals surface area contributed by atoms with Crippen molar-refractivity contribution in [3.63, 3.8) is 0 Å². The SMILES string of the molecule is CCN(C)S(=O)(=O)N(C)C1CC(C(=O)O)C1. The largest absolute Gasteiger partial charge is 0.481 e. The van der Waals surface area contributed by atoms with Crippen molar-refractivity contribution in [2.24, 2.45) is 5.92 Å². The van der Waals surface area contributed by atoms with Gasteiger partial charge in [-0.2, -0.15) is 17.0 Å². The van der Waals surface area contributed by atoms with Gasteiger partial charge in [-0.05, 0) is 12.8 Å². The van der Waals surface area contributed by atoms with Gasteiger partial charge in [0.15, 0.2) is 0 Å². The Labute approximate surface area is 96.0 Å². The Bertz CT molecular complexity index is 362. The van der Waals surface area contributed by atoms with E-state index in [0.717, 1.165) is 0 Å². The molecule has 0 aromatic heterocycles. The summed E-state index contributed by atoms with van der Waals surface area (Å²) in [5.41, 5.74) is 0. The van der Waals surface area contributed by atoms with Gasteiger partial charge in [0.1, 0.15) is 0 Å². The Hall–Kier alpha value is -0.660. The topological polar surface area (TPSA) is 77.9 Å². The lowest BCUT2D eigenvalue weighted by Gasteiger charge is -2.39. The molecule has 16 heavy (non-hydrogen) atoms. The van der Waals surface area contributed by atoms with E-state index in [1.54, 1.807) is 6.92 Å². The maximum Gasteiger partial charge on any atom is 0.306 e. The fourth-order valence-corrected chi connectivity index (χ4v) is 2.97. The van der Waals surface area contributed by atoms with E-state index < -0.39 is 22.1 Å². The Morgan fingerprint density at radius 2 is 1.88 bits per heavy atom. The minimum absolute atomic E-state index is 0.180. The maximum absolute atomic E-state index is 11.9. The highest BCUT2D eigenvalue weighted by Gasteiger charge is 2.41. The Morgan fingerprint density at radius 1 is 1.38 bits per heavy atom. The smallest absolute Gasteiger partial charge is 0.306 e. The Kier molecular flexibility index (Phi) is 3.92. The molecule has 94 valence electrons. The number of rotatable bonds is 5. The summed E-state index contributed by atoms with van der Waals surface area (Å²) in [6.45, 7) is 2.16. The van der Waals surface area contributed by atoms with Crippen LogP contribution in [0, 0.1) is 5.92 Å². The van der Waals surface area contributed by atoms with Crippen LogP contribution in [-0.2, 0) is 15.0 Å². The van der Waals surface area contributed by atoms with Gasteiger partial charge >= 0.3 is 5.97 Å². The summed E-state index contributed by atoms with van der Waals surface area (Å²) in [6.07, 6.45) is 0.811. The van der Waals surface area contributed by atoms with Gasteiger partial charge in [-0.1, -0.05) is 6.92 Å².